The largest absolute Gasteiger partial charge is 0.478 e. The van der Waals surface area contributed by atoms with Gasteiger partial charge in [0.05, 0.1) is 11.3 Å². The van der Waals surface area contributed by atoms with Crippen LogP contribution in [0.25, 0.3) is 0 Å². The maximum absolute atomic E-state index is 13.1. The summed E-state index contributed by atoms with van der Waals surface area (Å²) in [5.74, 6) is -0.409. The van der Waals surface area contributed by atoms with Crippen molar-refractivity contribution < 1.29 is 14.3 Å². The van der Waals surface area contributed by atoms with Gasteiger partial charge in [-0.05, 0) is 36.5 Å². The lowest BCUT2D eigenvalue weighted by Crippen LogP contribution is -2.23. The number of hydrogen-bond donors (Lipinski definition) is 1. The van der Waals surface area contributed by atoms with Crippen molar-refractivity contribution in [2.45, 2.75) is 20.3 Å². The Labute approximate surface area is 106 Å². The number of aromatic carboxylic acids is 1. The highest BCUT2D eigenvalue weighted by atomic mass is 19.1. The van der Waals surface area contributed by atoms with E-state index in [9.17, 15) is 9.18 Å². The third-order valence-corrected chi connectivity index (χ3v) is 3.70. The molecule has 4 heteroatoms. The minimum absolute atomic E-state index is 0.0550. The van der Waals surface area contributed by atoms with Gasteiger partial charge in [0.15, 0.2) is 0 Å². The van der Waals surface area contributed by atoms with Gasteiger partial charge >= 0.3 is 5.97 Å². The second-order valence-corrected chi connectivity index (χ2v) is 5.21. The van der Waals surface area contributed by atoms with Gasteiger partial charge in [0, 0.05) is 13.1 Å². The number of benzene rings is 1. The van der Waals surface area contributed by atoms with Crippen LogP contribution in [0.1, 0.15) is 30.6 Å². The lowest BCUT2D eigenvalue weighted by atomic mass is 9.95. The Kier molecular flexibility index (Phi) is 3.55. The van der Waals surface area contributed by atoms with Crippen LogP contribution < -0.4 is 4.90 Å². The summed E-state index contributed by atoms with van der Waals surface area (Å²) in [5.41, 5.74) is 0.687. The first kappa shape index (κ1) is 12.9. The Balaban J connectivity index is 2.27. The zero-order chi connectivity index (χ0) is 13.3. The Morgan fingerprint density at radius 3 is 2.78 bits per heavy atom. The number of carbonyl (C=O) groups is 1. The summed E-state index contributed by atoms with van der Waals surface area (Å²) >= 11 is 0. The molecule has 3 nitrogen and oxygen atoms in total. The molecule has 1 unspecified atom stereocenters. The third-order valence-electron chi connectivity index (χ3n) is 3.70. The third kappa shape index (κ3) is 2.47. The summed E-state index contributed by atoms with van der Waals surface area (Å²) in [5, 5.41) is 9.13. The van der Waals surface area contributed by atoms with E-state index in [2.05, 4.69) is 13.8 Å². The molecule has 0 saturated carbocycles. The van der Waals surface area contributed by atoms with Crippen molar-refractivity contribution in [3.63, 3.8) is 0 Å². The van der Waals surface area contributed by atoms with Gasteiger partial charge in [0.1, 0.15) is 5.82 Å². The molecule has 1 aromatic rings. The van der Waals surface area contributed by atoms with Crippen molar-refractivity contribution in [1.82, 2.24) is 0 Å². The minimum atomic E-state index is -1.07. The molecule has 0 spiro atoms. The predicted octanol–water partition coefficient (Wildman–Crippen LogP) is 3.01. The lowest BCUT2D eigenvalue weighted by Gasteiger charge is -2.21. The van der Waals surface area contributed by atoms with Crippen molar-refractivity contribution in [1.29, 1.82) is 0 Å². The van der Waals surface area contributed by atoms with Crippen LogP contribution in [0.15, 0.2) is 18.2 Å². The first-order valence-electron chi connectivity index (χ1n) is 6.27. The van der Waals surface area contributed by atoms with Gasteiger partial charge in [0.2, 0.25) is 0 Å². The van der Waals surface area contributed by atoms with Gasteiger partial charge in [-0.25, -0.2) is 9.18 Å². The standard InChI is InChI=1S/C14H18FNO2/c1-9(2)10-5-6-16(8-10)13-4-3-11(15)7-12(13)14(17)18/h3-4,7,9-10H,5-6,8H2,1-2H3,(H,17,18). The van der Waals surface area contributed by atoms with E-state index in [0.29, 0.717) is 17.5 Å². The van der Waals surface area contributed by atoms with Gasteiger partial charge < -0.3 is 10.0 Å². The van der Waals surface area contributed by atoms with Crippen molar-refractivity contribution in [2.75, 3.05) is 18.0 Å². The second-order valence-electron chi connectivity index (χ2n) is 5.21. The predicted molar refractivity (Wildman–Crippen MR) is 68.5 cm³/mol. The van der Waals surface area contributed by atoms with Crippen LogP contribution in [0.3, 0.4) is 0 Å². The number of carboxylic acids is 1. The number of nitrogens with zero attached hydrogens (tertiary/aromatic N) is 1. The number of anilines is 1. The molecule has 0 amide bonds. The van der Waals surface area contributed by atoms with E-state index >= 15 is 0 Å². The fourth-order valence-electron chi connectivity index (χ4n) is 2.51. The maximum atomic E-state index is 13.1. The fourth-order valence-corrected chi connectivity index (χ4v) is 2.51. The molecule has 1 heterocycles. The zero-order valence-corrected chi connectivity index (χ0v) is 10.7. The Hall–Kier alpha value is -1.58. The first-order valence-corrected chi connectivity index (χ1v) is 6.27. The molecule has 1 aromatic carbocycles. The van der Waals surface area contributed by atoms with Crippen LogP contribution >= 0.6 is 0 Å². The average molecular weight is 251 g/mol. The molecule has 1 saturated heterocycles. The number of hydrogen-bond acceptors (Lipinski definition) is 2. The van der Waals surface area contributed by atoms with Gasteiger partial charge in [-0.3, -0.25) is 0 Å². The van der Waals surface area contributed by atoms with E-state index in [4.69, 9.17) is 5.11 Å². The summed E-state index contributed by atoms with van der Waals surface area (Å²) in [6.07, 6.45) is 1.06. The summed E-state index contributed by atoms with van der Waals surface area (Å²) in [7, 11) is 0. The van der Waals surface area contributed by atoms with Crippen LogP contribution in [0.4, 0.5) is 10.1 Å². The average Bonchev–Trinajstić information content (AvgIpc) is 2.78. The summed E-state index contributed by atoms with van der Waals surface area (Å²) < 4.78 is 13.1. The molecule has 18 heavy (non-hydrogen) atoms. The van der Waals surface area contributed by atoms with E-state index in [1.165, 1.54) is 6.07 Å². The molecule has 98 valence electrons. The molecule has 0 bridgehead atoms. The Morgan fingerprint density at radius 2 is 2.22 bits per heavy atom. The van der Waals surface area contributed by atoms with Crippen molar-refractivity contribution in [3.05, 3.63) is 29.6 Å². The van der Waals surface area contributed by atoms with Crippen molar-refractivity contribution in [2.24, 2.45) is 11.8 Å². The molecular formula is C14H18FNO2. The highest BCUT2D eigenvalue weighted by Crippen LogP contribution is 2.30. The second kappa shape index (κ2) is 4.96. The minimum Gasteiger partial charge on any atom is -0.478 e. The molecular weight excluding hydrogens is 233 g/mol. The van der Waals surface area contributed by atoms with Gasteiger partial charge in [0.25, 0.3) is 0 Å². The van der Waals surface area contributed by atoms with Crippen molar-refractivity contribution in [3.8, 4) is 0 Å². The molecule has 1 aliphatic heterocycles. The van der Waals surface area contributed by atoms with Crippen LogP contribution in [-0.2, 0) is 0 Å². The van der Waals surface area contributed by atoms with Crippen molar-refractivity contribution >= 4 is 11.7 Å². The topological polar surface area (TPSA) is 40.5 Å². The van der Waals surface area contributed by atoms with E-state index < -0.39 is 11.8 Å². The maximum Gasteiger partial charge on any atom is 0.337 e. The molecule has 0 aromatic heterocycles. The molecule has 1 N–H and O–H groups in total. The van der Waals surface area contributed by atoms with E-state index in [1.54, 1.807) is 6.07 Å². The van der Waals surface area contributed by atoms with Gasteiger partial charge in [-0.15, -0.1) is 0 Å². The monoisotopic (exact) mass is 251 g/mol. The zero-order valence-electron chi connectivity index (χ0n) is 10.7. The Bertz CT molecular complexity index is 459. The molecule has 1 atom stereocenters. The van der Waals surface area contributed by atoms with Crippen LogP contribution in [0.5, 0.6) is 0 Å². The molecule has 0 radical (unpaired) electrons. The van der Waals surface area contributed by atoms with E-state index in [1.807, 2.05) is 4.90 Å². The normalized spacial score (nSPS) is 19.6. The number of halogens is 1. The molecule has 1 aliphatic rings. The van der Waals surface area contributed by atoms with Crippen LogP contribution in [0, 0.1) is 17.7 Å². The van der Waals surface area contributed by atoms with E-state index in [-0.39, 0.29) is 5.56 Å². The van der Waals surface area contributed by atoms with Gasteiger partial charge in [-0.1, -0.05) is 13.8 Å². The molecule has 1 fully saturated rings. The highest BCUT2D eigenvalue weighted by molar-refractivity contribution is 5.94. The SMILES string of the molecule is CC(C)C1CCN(c2ccc(F)cc2C(=O)O)C1. The number of rotatable bonds is 3. The van der Waals surface area contributed by atoms with Crippen LogP contribution in [0.2, 0.25) is 0 Å². The van der Waals surface area contributed by atoms with Crippen LogP contribution in [-0.4, -0.2) is 24.2 Å². The summed E-state index contributed by atoms with van der Waals surface area (Å²) in [6.45, 7) is 6.05. The summed E-state index contributed by atoms with van der Waals surface area (Å²) in [4.78, 5) is 13.2. The fraction of sp³-hybridized carbons (Fsp3) is 0.500. The quantitative estimate of drug-likeness (QED) is 0.897. The summed E-state index contributed by atoms with van der Waals surface area (Å²) in [6, 6.07) is 3.99. The lowest BCUT2D eigenvalue weighted by molar-refractivity contribution is 0.0697. The molecule has 0 aliphatic carbocycles. The Morgan fingerprint density at radius 1 is 1.50 bits per heavy atom. The highest BCUT2D eigenvalue weighted by Gasteiger charge is 2.27. The smallest absolute Gasteiger partial charge is 0.337 e. The molecule has 2 rings (SSSR count). The van der Waals surface area contributed by atoms with Gasteiger partial charge in [-0.2, -0.15) is 0 Å². The first-order chi connectivity index (χ1) is 8.49. The van der Waals surface area contributed by atoms with E-state index in [0.717, 1.165) is 25.6 Å². The number of carboxylic acid groups (broad SMARTS) is 1.